The molecule has 0 aromatic heterocycles. The summed E-state index contributed by atoms with van der Waals surface area (Å²) in [6.45, 7) is 0. The van der Waals surface area contributed by atoms with Crippen LogP contribution in [-0.4, -0.2) is 19.5 Å². The van der Waals surface area contributed by atoms with Gasteiger partial charge in [-0.25, -0.2) is 0 Å². The lowest BCUT2D eigenvalue weighted by atomic mass is 10.1. The van der Waals surface area contributed by atoms with Crippen LogP contribution in [0.25, 0.3) is 0 Å². The van der Waals surface area contributed by atoms with E-state index in [9.17, 15) is 9.59 Å². The van der Waals surface area contributed by atoms with E-state index in [1.807, 2.05) is 18.2 Å². The average molecular weight is 207 g/mol. The third-order valence-corrected chi connectivity index (χ3v) is 2.00. The fraction of sp³-hybridized carbons (Fsp3) is 0.273. The number of methoxy groups -OCH3 is 1. The molecule has 1 N–H and O–H groups in total. The number of esters is 1. The minimum Gasteiger partial charge on any atom is -0.469 e. The highest BCUT2D eigenvalue weighted by molar-refractivity contribution is 5.72. The number of amides is 1. The number of benzene rings is 1. The van der Waals surface area contributed by atoms with Crippen LogP contribution in [0.15, 0.2) is 24.3 Å². The Morgan fingerprint density at radius 2 is 2.33 bits per heavy atom. The van der Waals surface area contributed by atoms with E-state index < -0.39 is 0 Å². The monoisotopic (exact) mass is 207 g/mol. The zero-order chi connectivity index (χ0) is 11.1. The lowest BCUT2D eigenvalue weighted by Gasteiger charge is -2.03. The van der Waals surface area contributed by atoms with Gasteiger partial charge >= 0.3 is 5.97 Å². The van der Waals surface area contributed by atoms with Crippen LogP contribution in [0.1, 0.15) is 12.0 Å². The molecule has 0 unspecified atom stereocenters. The highest BCUT2D eigenvalue weighted by Crippen LogP contribution is 2.11. The molecule has 0 aliphatic heterocycles. The van der Waals surface area contributed by atoms with Crippen molar-refractivity contribution in [1.29, 1.82) is 0 Å². The highest BCUT2D eigenvalue weighted by Gasteiger charge is 2.01. The molecule has 1 aromatic carbocycles. The van der Waals surface area contributed by atoms with Crippen LogP contribution in [0.3, 0.4) is 0 Å². The van der Waals surface area contributed by atoms with Crippen molar-refractivity contribution in [1.82, 2.24) is 0 Å². The van der Waals surface area contributed by atoms with Gasteiger partial charge in [-0.05, 0) is 24.1 Å². The van der Waals surface area contributed by atoms with Gasteiger partial charge in [-0.2, -0.15) is 0 Å². The normalized spacial score (nSPS) is 9.40. The fourth-order valence-electron chi connectivity index (χ4n) is 1.23. The molecule has 4 nitrogen and oxygen atoms in total. The third kappa shape index (κ3) is 3.81. The van der Waals surface area contributed by atoms with E-state index in [0.717, 1.165) is 11.3 Å². The predicted octanol–water partition coefficient (Wildman–Crippen LogP) is 1.36. The third-order valence-electron chi connectivity index (χ3n) is 2.00. The summed E-state index contributed by atoms with van der Waals surface area (Å²) in [4.78, 5) is 21.1. The first-order valence-electron chi connectivity index (χ1n) is 4.62. The molecular weight excluding hydrogens is 194 g/mol. The van der Waals surface area contributed by atoms with Gasteiger partial charge in [0.25, 0.3) is 0 Å². The van der Waals surface area contributed by atoms with Crippen LogP contribution >= 0.6 is 0 Å². The Morgan fingerprint density at radius 3 is 3.00 bits per heavy atom. The molecule has 80 valence electrons. The Morgan fingerprint density at radius 1 is 1.53 bits per heavy atom. The quantitative estimate of drug-likeness (QED) is 0.586. The zero-order valence-electron chi connectivity index (χ0n) is 8.53. The first kappa shape index (κ1) is 11.2. The molecular formula is C11H13NO3. The Balaban J connectivity index is 2.57. The van der Waals surface area contributed by atoms with Gasteiger partial charge in [0.2, 0.25) is 6.41 Å². The minimum atomic E-state index is -0.233. The number of hydrogen-bond acceptors (Lipinski definition) is 3. The molecule has 15 heavy (non-hydrogen) atoms. The summed E-state index contributed by atoms with van der Waals surface area (Å²) < 4.78 is 4.54. The summed E-state index contributed by atoms with van der Waals surface area (Å²) in [6.07, 6.45) is 1.58. The second kappa shape index (κ2) is 5.80. The summed E-state index contributed by atoms with van der Waals surface area (Å²) in [7, 11) is 1.37. The standard InChI is InChI=1S/C11H13NO3/c1-15-11(14)6-5-9-3-2-4-10(7-9)12-8-13/h2-4,7-8H,5-6H2,1H3,(H,12,13). The Bertz CT molecular complexity index is 349. The number of anilines is 1. The summed E-state index contributed by atoms with van der Waals surface area (Å²) in [5.41, 5.74) is 1.72. The lowest BCUT2D eigenvalue weighted by Crippen LogP contribution is -2.02. The van der Waals surface area contributed by atoms with Crippen molar-refractivity contribution >= 4 is 18.1 Å². The molecule has 0 aliphatic carbocycles. The van der Waals surface area contributed by atoms with Crippen LogP contribution < -0.4 is 5.32 Å². The Hall–Kier alpha value is -1.84. The molecule has 0 atom stereocenters. The number of ether oxygens (including phenoxy) is 1. The molecule has 0 spiro atoms. The van der Waals surface area contributed by atoms with Gasteiger partial charge in [0, 0.05) is 12.1 Å². The van der Waals surface area contributed by atoms with Crippen molar-refractivity contribution in [3.8, 4) is 0 Å². The van der Waals surface area contributed by atoms with Crippen molar-refractivity contribution in [3.05, 3.63) is 29.8 Å². The molecule has 0 aliphatic rings. The zero-order valence-corrected chi connectivity index (χ0v) is 8.53. The van der Waals surface area contributed by atoms with Crippen LogP contribution in [0.5, 0.6) is 0 Å². The number of aryl methyl sites for hydroxylation is 1. The maximum Gasteiger partial charge on any atom is 0.305 e. The van der Waals surface area contributed by atoms with E-state index in [1.165, 1.54) is 7.11 Å². The highest BCUT2D eigenvalue weighted by atomic mass is 16.5. The number of carbonyl (C=O) groups is 2. The lowest BCUT2D eigenvalue weighted by molar-refractivity contribution is -0.140. The first-order chi connectivity index (χ1) is 7.26. The Kier molecular flexibility index (Phi) is 4.34. The van der Waals surface area contributed by atoms with Crippen molar-refractivity contribution in [3.63, 3.8) is 0 Å². The summed E-state index contributed by atoms with van der Waals surface area (Å²) in [6, 6.07) is 7.35. The molecule has 0 saturated heterocycles. The van der Waals surface area contributed by atoms with E-state index in [0.29, 0.717) is 19.3 Å². The molecule has 4 heteroatoms. The van der Waals surface area contributed by atoms with Crippen molar-refractivity contribution in [2.45, 2.75) is 12.8 Å². The van der Waals surface area contributed by atoms with Crippen LogP contribution in [0.2, 0.25) is 0 Å². The number of hydrogen-bond donors (Lipinski definition) is 1. The van der Waals surface area contributed by atoms with Crippen molar-refractivity contribution < 1.29 is 14.3 Å². The SMILES string of the molecule is COC(=O)CCc1cccc(NC=O)c1. The van der Waals surface area contributed by atoms with E-state index in [2.05, 4.69) is 10.1 Å². The van der Waals surface area contributed by atoms with Crippen molar-refractivity contribution in [2.24, 2.45) is 0 Å². The van der Waals surface area contributed by atoms with Gasteiger partial charge in [-0.15, -0.1) is 0 Å². The smallest absolute Gasteiger partial charge is 0.305 e. The second-order valence-corrected chi connectivity index (χ2v) is 3.04. The number of carbonyl (C=O) groups excluding carboxylic acids is 2. The van der Waals surface area contributed by atoms with E-state index >= 15 is 0 Å². The van der Waals surface area contributed by atoms with Crippen LogP contribution in [0.4, 0.5) is 5.69 Å². The van der Waals surface area contributed by atoms with Crippen LogP contribution in [0, 0.1) is 0 Å². The van der Waals surface area contributed by atoms with Gasteiger partial charge in [0.1, 0.15) is 0 Å². The number of nitrogens with one attached hydrogen (secondary N) is 1. The van der Waals surface area contributed by atoms with E-state index in [1.54, 1.807) is 6.07 Å². The molecule has 0 bridgehead atoms. The first-order valence-corrected chi connectivity index (χ1v) is 4.62. The largest absolute Gasteiger partial charge is 0.469 e. The van der Waals surface area contributed by atoms with Gasteiger partial charge in [-0.1, -0.05) is 12.1 Å². The topological polar surface area (TPSA) is 55.4 Å². The molecule has 0 heterocycles. The van der Waals surface area contributed by atoms with E-state index in [-0.39, 0.29) is 5.97 Å². The molecule has 1 aromatic rings. The van der Waals surface area contributed by atoms with E-state index in [4.69, 9.17) is 0 Å². The van der Waals surface area contributed by atoms with Gasteiger partial charge in [-0.3, -0.25) is 9.59 Å². The molecule has 0 saturated carbocycles. The second-order valence-electron chi connectivity index (χ2n) is 3.04. The van der Waals surface area contributed by atoms with Crippen molar-refractivity contribution in [2.75, 3.05) is 12.4 Å². The van der Waals surface area contributed by atoms with Crippen LogP contribution in [-0.2, 0) is 20.7 Å². The van der Waals surface area contributed by atoms with Gasteiger partial charge < -0.3 is 10.1 Å². The molecule has 0 radical (unpaired) electrons. The number of rotatable bonds is 5. The fourth-order valence-corrected chi connectivity index (χ4v) is 1.23. The van der Waals surface area contributed by atoms with Gasteiger partial charge in [0.05, 0.1) is 7.11 Å². The maximum atomic E-state index is 10.9. The summed E-state index contributed by atoms with van der Waals surface area (Å²) >= 11 is 0. The maximum absolute atomic E-state index is 10.9. The Labute approximate surface area is 88.2 Å². The average Bonchev–Trinajstić information content (AvgIpc) is 2.27. The summed E-state index contributed by atoms with van der Waals surface area (Å²) in [5.74, 6) is -0.233. The molecule has 1 rings (SSSR count). The summed E-state index contributed by atoms with van der Waals surface area (Å²) in [5, 5.41) is 2.55. The molecule has 1 amide bonds. The van der Waals surface area contributed by atoms with Gasteiger partial charge in [0.15, 0.2) is 0 Å². The predicted molar refractivity (Wildman–Crippen MR) is 56.5 cm³/mol. The minimum absolute atomic E-state index is 0.233. The molecule has 0 fully saturated rings.